The minimum Gasteiger partial charge on any atom is -0.344 e. The Kier molecular flexibility index (Phi) is 4.25. The van der Waals surface area contributed by atoms with Gasteiger partial charge in [-0.05, 0) is 68.5 Å². The normalized spacial score (nSPS) is 18.1. The first-order valence-electron chi connectivity index (χ1n) is 7.71. The molecule has 22 heavy (non-hydrogen) atoms. The molecule has 1 aromatic carbocycles. The highest BCUT2D eigenvalue weighted by Crippen LogP contribution is 2.28. The average Bonchev–Trinajstić information content (AvgIpc) is 2.88. The number of aromatic nitrogens is 1. The molecule has 0 aliphatic carbocycles. The van der Waals surface area contributed by atoms with Crippen LogP contribution < -0.4 is 5.14 Å². The van der Waals surface area contributed by atoms with Crippen molar-refractivity contribution in [1.82, 2.24) is 9.47 Å². The molecule has 1 fully saturated rings. The fourth-order valence-electron chi connectivity index (χ4n) is 3.22. The van der Waals surface area contributed by atoms with Crippen molar-refractivity contribution in [2.75, 3.05) is 25.9 Å². The van der Waals surface area contributed by atoms with E-state index in [4.69, 9.17) is 5.14 Å². The molecule has 2 N–H and O–H groups in total. The van der Waals surface area contributed by atoms with Gasteiger partial charge >= 0.3 is 0 Å². The summed E-state index contributed by atoms with van der Waals surface area (Å²) < 4.78 is 24.5. The van der Waals surface area contributed by atoms with Crippen LogP contribution in [-0.4, -0.2) is 43.8 Å². The molecule has 0 spiro atoms. The van der Waals surface area contributed by atoms with E-state index in [-0.39, 0.29) is 5.75 Å². The second-order valence-corrected chi connectivity index (χ2v) is 8.00. The Balaban J connectivity index is 1.80. The van der Waals surface area contributed by atoms with Gasteiger partial charge in [-0.3, -0.25) is 0 Å². The van der Waals surface area contributed by atoms with Crippen LogP contribution in [0.1, 0.15) is 24.4 Å². The highest BCUT2D eigenvalue weighted by molar-refractivity contribution is 7.89. The Bertz CT molecular complexity index is 759. The highest BCUT2D eigenvalue weighted by Gasteiger charge is 2.19. The molecule has 6 heteroatoms. The van der Waals surface area contributed by atoms with Gasteiger partial charge in [0.1, 0.15) is 0 Å². The van der Waals surface area contributed by atoms with E-state index in [1.165, 1.54) is 23.7 Å². The van der Waals surface area contributed by atoms with Gasteiger partial charge in [0.15, 0.2) is 0 Å². The van der Waals surface area contributed by atoms with Gasteiger partial charge < -0.3 is 9.47 Å². The summed E-state index contributed by atoms with van der Waals surface area (Å²) in [6, 6.07) is 8.87. The number of rotatable bonds is 4. The van der Waals surface area contributed by atoms with Crippen LogP contribution in [0.15, 0.2) is 30.5 Å². The third-order valence-electron chi connectivity index (χ3n) is 4.54. The van der Waals surface area contributed by atoms with E-state index in [2.05, 4.69) is 40.9 Å². The second-order valence-electron chi connectivity index (χ2n) is 6.27. The molecule has 0 radical (unpaired) electrons. The van der Waals surface area contributed by atoms with E-state index < -0.39 is 10.0 Å². The van der Waals surface area contributed by atoms with Crippen molar-refractivity contribution in [2.45, 2.75) is 25.3 Å². The van der Waals surface area contributed by atoms with Gasteiger partial charge in [-0.1, -0.05) is 6.07 Å². The Labute approximate surface area is 131 Å². The summed E-state index contributed by atoms with van der Waals surface area (Å²) in [5.41, 5.74) is 2.25. The Morgan fingerprint density at radius 3 is 2.64 bits per heavy atom. The third-order valence-corrected chi connectivity index (χ3v) is 5.31. The largest absolute Gasteiger partial charge is 0.344 e. The number of sulfonamides is 1. The van der Waals surface area contributed by atoms with E-state index >= 15 is 0 Å². The molecule has 1 aliphatic rings. The molecular weight excluding hydrogens is 298 g/mol. The SMILES string of the molecule is CN1CCC(n2ccc3cc(CCS(N)(=O)=O)ccc32)CC1. The molecule has 0 atom stereocenters. The lowest BCUT2D eigenvalue weighted by Crippen LogP contribution is -2.31. The van der Waals surface area contributed by atoms with Crippen LogP contribution >= 0.6 is 0 Å². The van der Waals surface area contributed by atoms with Crippen LogP contribution in [0.5, 0.6) is 0 Å². The topological polar surface area (TPSA) is 68.3 Å². The zero-order valence-corrected chi connectivity index (χ0v) is 13.7. The van der Waals surface area contributed by atoms with E-state index in [0.717, 1.165) is 18.7 Å². The van der Waals surface area contributed by atoms with Crippen LogP contribution in [0.3, 0.4) is 0 Å². The quantitative estimate of drug-likeness (QED) is 0.932. The third kappa shape index (κ3) is 3.51. The lowest BCUT2D eigenvalue weighted by atomic mass is 10.0. The van der Waals surface area contributed by atoms with Gasteiger partial charge in [0.05, 0.1) is 5.75 Å². The number of piperidine rings is 1. The predicted molar refractivity (Wildman–Crippen MR) is 89.4 cm³/mol. The van der Waals surface area contributed by atoms with Gasteiger partial charge in [-0.15, -0.1) is 0 Å². The minimum absolute atomic E-state index is 0.00578. The number of hydrogen-bond acceptors (Lipinski definition) is 3. The predicted octanol–water partition coefficient (Wildman–Crippen LogP) is 1.74. The highest BCUT2D eigenvalue weighted by atomic mass is 32.2. The summed E-state index contributed by atoms with van der Waals surface area (Å²) in [4.78, 5) is 2.37. The summed E-state index contributed by atoms with van der Waals surface area (Å²) in [7, 11) is -1.23. The summed E-state index contributed by atoms with van der Waals surface area (Å²) in [5, 5.41) is 6.24. The molecule has 2 heterocycles. The molecule has 120 valence electrons. The Hall–Kier alpha value is -1.37. The van der Waals surface area contributed by atoms with Crippen molar-refractivity contribution >= 4 is 20.9 Å². The van der Waals surface area contributed by atoms with Crippen LogP contribution in [-0.2, 0) is 16.4 Å². The number of fused-ring (bicyclic) bond motifs is 1. The Morgan fingerprint density at radius 2 is 1.95 bits per heavy atom. The lowest BCUT2D eigenvalue weighted by Gasteiger charge is -2.30. The number of likely N-dealkylation sites (tertiary alicyclic amines) is 1. The lowest BCUT2D eigenvalue weighted by molar-refractivity contribution is 0.224. The smallest absolute Gasteiger partial charge is 0.209 e. The number of hydrogen-bond donors (Lipinski definition) is 1. The zero-order chi connectivity index (χ0) is 15.7. The van der Waals surface area contributed by atoms with E-state index in [1.807, 2.05) is 6.07 Å². The van der Waals surface area contributed by atoms with Crippen LogP contribution in [0.4, 0.5) is 0 Å². The van der Waals surface area contributed by atoms with E-state index in [0.29, 0.717) is 12.5 Å². The summed E-state index contributed by atoms with van der Waals surface area (Å²) in [6.07, 6.45) is 4.97. The van der Waals surface area contributed by atoms with Gasteiger partial charge in [0.25, 0.3) is 0 Å². The second kappa shape index (κ2) is 6.02. The summed E-state index contributed by atoms with van der Waals surface area (Å²) >= 11 is 0. The maximum atomic E-state index is 11.1. The molecule has 1 aliphatic heterocycles. The summed E-state index contributed by atoms with van der Waals surface area (Å²) in [5.74, 6) is -0.00578. The zero-order valence-electron chi connectivity index (χ0n) is 12.9. The molecule has 1 saturated heterocycles. The molecule has 0 bridgehead atoms. The van der Waals surface area contributed by atoms with Crippen LogP contribution in [0.25, 0.3) is 10.9 Å². The number of benzene rings is 1. The monoisotopic (exact) mass is 321 g/mol. The van der Waals surface area contributed by atoms with Gasteiger partial charge in [-0.2, -0.15) is 0 Å². The van der Waals surface area contributed by atoms with Gasteiger partial charge in [0, 0.05) is 17.8 Å². The fourth-order valence-corrected chi connectivity index (χ4v) is 3.74. The standard InChI is InChI=1S/C16H23N3O2S/c1-18-8-5-15(6-9-18)19-10-4-14-12-13(2-3-16(14)19)7-11-22(17,20)21/h2-4,10,12,15H,5-9,11H2,1H3,(H2,17,20,21). The number of nitrogens with zero attached hydrogens (tertiary/aromatic N) is 2. The van der Waals surface area contributed by atoms with Crippen molar-refractivity contribution in [2.24, 2.45) is 5.14 Å². The van der Waals surface area contributed by atoms with E-state index in [9.17, 15) is 8.42 Å². The van der Waals surface area contributed by atoms with Crippen molar-refractivity contribution in [3.05, 3.63) is 36.0 Å². The molecule has 0 amide bonds. The number of nitrogens with two attached hydrogens (primary N) is 1. The fraction of sp³-hybridized carbons (Fsp3) is 0.500. The number of primary sulfonamides is 1. The van der Waals surface area contributed by atoms with Gasteiger partial charge in [-0.25, -0.2) is 13.6 Å². The molecule has 0 saturated carbocycles. The first-order valence-corrected chi connectivity index (χ1v) is 9.42. The molecule has 0 unspecified atom stereocenters. The van der Waals surface area contributed by atoms with Crippen molar-refractivity contribution in [3.63, 3.8) is 0 Å². The van der Waals surface area contributed by atoms with Crippen molar-refractivity contribution in [1.29, 1.82) is 0 Å². The minimum atomic E-state index is -3.40. The Morgan fingerprint density at radius 1 is 1.23 bits per heavy atom. The molecule has 1 aromatic heterocycles. The molecule has 3 rings (SSSR count). The first kappa shape index (κ1) is 15.5. The maximum Gasteiger partial charge on any atom is 0.209 e. The van der Waals surface area contributed by atoms with E-state index in [1.54, 1.807) is 0 Å². The van der Waals surface area contributed by atoms with Crippen molar-refractivity contribution < 1.29 is 8.42 Å². The first-order chi connectivity index (χ1) is 10.4. The molecular formula is C16H23N3O2S. The average molecular weight is 321 g/mol. The maximum absolute atomic E-state index is 11.1. The van der Waals surface area contributed by atoms with Crippen LogP contribution in [0.2, 0.25) is 0 Å². The van der Waals surface area contributed by atoms with Gasteiger partial charge in [0.2, 0.25) is 10.0 Å². The molecule has 5 nitrogen and oxygen atoms in total. The van der Waals surface area contributed by atoms with Crippen molar-refractivity contribution in [3.8, 4) is 0 Å². The number of aryl methyl sites for hydroxylation is 1. The summed E-state index contributed by atoms with van der Waals surface area (Å²) in [6.45, 7) is 2.27. The molecule has 2 aromatic rings. The van der Waals surface area contributed by atoms with Crippen LogP contribution in [0, 0.1) is 0 Å².